The smallest absolute Gasteiger partial charge is 0.408 e. The zero-order valence-electron chi connectivity index (χ0n) is 22.1. The average molecular weight is 505 g/mol. The fourth-order valence-corrected chi connectivity index (χ4v) is 3.29. The number of ether oxygens (including phenoxy) is 6. The molecule has 0 spiro atoms. The minimum atomic E-state index is -0.958. The quantitative estimate of drug-likeness (QED) is 0.435. The Morgan fingerprint density at radius 2 is 0.861 bits per heavy atom. The number of rotatable bonds is 11. The van der Waals surface area contributed by atoms with Crippen LogP contribution in [0.4, 0.5) is 9.59 Å². The molecule has 2 N–H and O–H groups in total. The minimum Gasteiger partial charge on any atom is -0.497 e. The molecule has 2 amide bonds. The number of carbonyl (C=O) groups excluding carboxylic acids is 2. The highest BCUT2D eigenvalue weighted by Crippen LogP contribution is 2.33. The van der Waals surface area contributed by atoms with Gasteiger partial charge in [0.1, 0.15) is 34.2 Å². The van der Waals surface area contributed by atoms with Gasteiger partial charge in [-0.15, -0.1) is 0 Å². The van der Waals surface area contributed by atoms with Gasteiger partial charge < -0.3 is 39.1 Å². The Morgan fingerprint density at radius 1 is 0.583 bits per heavy atom. The Bertz CT molecular complexity index is 924. The molecule has 2 aromatic carbocycles. The summed E-state index contributed by atoms with van der Waals surface area (Å²) in [4.78, 5) is 24.7. The summed E-state index contributed by atoms with van der Waals surface area (Å²) >= 11 is 0. The molecule has 198 valence electrons. The van der Waals surface area contributed by atoms with Crippen molar-refractivity contribution in [2.45, 2.75) is 38.9 Å². The molecule has 10 heteroatoms. The van der Waals surface area contributed by atoms with Crippen LogP contribution in [0.2, 0.25) is 0 Å². The minimum absolute atomic E-state index is 0.138. The van der Waals surface area contributed by atoms with Crippen molar-refractivity contribution >= 4 is 12.2 Å². The molecule has 0 fully saturated rings. The van der Waals surface area contributed by atoms with Crippen molar-refractivity contribution in [2.75, 3.05) is 41.5 Å². The topological polar surface area (TPSA) is 114 Å². The van der Waals surface area contributed by atoms with Gasteiger partial charge in [0.15, 0.2) is 0 Å². The number of hydrogen-bond donors (Lipinski definition) is 2. The Hall–Kier alpha value is -3.82. The van der Waals surface area contributed by atoms with Crippen LogP contribution in [-0.4, -0.2) is 53.7 Å². The predicted molar refractivity (Wildman–Crippen MR) is 134 cm³/mol. The maximum absolute atomic E-state index is 12.4. The van der Waals surface area contributed by atoms with Crippen molar-refractivity contribution in [1.29, 1.82) is 0 Å². The molecule has 0 saturated carbocycles. The van der Waals surface area contributed by atoms with Crippen molar-refractivity contribution in [2.24, 2.45) is 0 Å². The molecule has 0 unspecified atom stereocenters. The van der Waals surface area contributed by atoms with E-state index in [1.54, 1.807) is 92.5 Å². The zero-order valence-corrected chi connectivity index (χ0v) is 22.1. The van der Waals surface area contributed by atoms with Gasteiger partial charge in [0.25, 0.3) is 0 Å². The number of benzene rings is 2. The fraction of sp³-hybridized carbons (Fsp3) is 0.462. The Kier molecular flexibility index (Phi) is 9.66. The van der Waals surface area contributed by atoms with E-state index in [0.717, 1.165) is 0 Å². The maximum Gasteiger partial charge on any atom is 0.408 e. The van der Waals surface area contributed by atoms with Crippen LogP contribution < -0.4 is 29.6 Å². The van der Waals surface area contributed by atoms with Gasteiger partial charge in [-0.2, -0.15) is 0 Å². The summed E-state index contributed by atoms with van der Waals surface area (Å²) in [5.41, 5.74) is -0.515. The van der Waals surface area contributed by atoms with E-state index in [0.29, 0.717) is 34.1 Å². The summed E-state index contributed by atoms with van der Waals surface area (Å²) < 4.78 is 32.3. The largest absolute Gasteiger partial charge is 0.497 e. The molecule has 0 saturated heterocycles. The van der Waals surface area contributed by atoms with Gasteiger partial charge in [-0.25, -0.2) is 9.59 Å². The standard InChI is InChI=1S/C26H36N2O8/c1-25(2,17-11-19(31-5)15-20(12-17)32-6)35-23(29)27-9-10-28-24(30)36-26(3,4)18-13-21(33-7)16-22(14-18)34-8/h11-16H,9-10H2,1-8H3,(H,27,29)(H,28,30). The third kappa shape index (κ3) is 7.86. The van der Waals surface area contributed by atoms with Crippen LogP contribution >= 0.6 is 0 Å². The van der Waals surface area contributed by atoms with Crippen molar-refractivity contribution in [3.63, 3.8) is 0 Å². The molecule has 0 aliphatic heterocycles. The van der Waals surface area contributed by atoms with Crippen LogP contribution in [-0.2, 0) is 20.7 Å². The molecule has 0 heterocycles. The van der Waals surface area contributed by atoms with E-state index >= 15 is 0 Å². The molecule has 0 atom stereocenters. The van der Waals surface area contributed by atoms with E-state index in [9.17, 15) is 9.59 Å². The summed E-state index contributed by atoms with van der Waals surface area (Å²) in [6.45, 7) is 7.30. The normalized spacial score (nSPS) is 11.2. The number of amides is 2. The van der Waals surface area contributed by atoms with Crippen LogP contribution in [0, 0.1) is 0 Å². The lowest BCUT2D eigenvalue weighted by molar-refractivity contribution is 0.0328. The molecule has 0 bridgehead atoms. The first-order chi connectivity index (χ1) is 16.9. The van der Waals surface area contributed by atoms with Crippen molar-refractivity contribution < 1.29 is 38.0 Å². The van der Waals surface area contributed by atoms with Crippen LogP contribution in [0.3, 0.4) is 0 Å². The molecule has 2 aromatic rings. The van der Waals surface area contributed by atoms with Gasteiger partial charge >= 0.3 is 12.2 Å². The highest BCUT2D eigenvalue weighted by Gasteiger charge is 2.28. The second-order valence-electron chi connectivity index (χ2n) is 8.86. The van der Waals surface area contributed by atoms with E-state index in [4.69, 9.17) is 28.4 Å². The lowest BCUT2D eigenvalue weighted by Crippen LogP contribution is -2.39. The first kappa shape index (κ1) is 28.4. The van der Waals surface area contributed by atoms with Crippen LogP contribution in [0.1, 0.15) is 38.8 Å². The Morgan fingerprint density at radius 3 is 1.11 bits per heavy atom. The third-order valence-electron chi connectivity index (χ3n) is 5.45. The molecular weight excluding hydrogens is 468 g/mol. The highest BCUT2D eigenvalue weighted by atomic mass is 16.6. The molecule has 0 aliphatic rings. The summed E-state index contributed by atoms with van der Waals surface area (Å²) in [6.07, 6.45) is -1.28. The molecule has 0 aromatic heterocycles. The van der Waals surface area contributed by atoms with Gasteiger partial charge in [-0.3, -0.25) is 0 Å². The van der Waals surface area contributed by atoms with Crippen LogP contribution in [0.25, 0.3) is 0 Å². The number of carbonyl (C=O) groups is 2. The van der Waals surface area contributed by atoms with E-state index in [2.05, 4.69) is 10.6 Å². The summed E-state index contributed by atoms with van der Waals surface area (Å²) in [6, 6.07) is 10.5. The lowest BCUT2D eigenvalue weighted by Gasteiger charge is -2.27. The maximum atomic E-state index is 12.4. The summed E-state index contributed by atoms with van der Waals surface area (Å²) in [5, 5.41) is 5.24. The molecule has 0 radical (unpaired) electrons. The van der Waals surface area contributed by atoms with Gasteiger partial charge in [0, 0.05) is 36.3 Å². The zero-order chi connectivity index (χ0) is 26.9. The van der Waals surface area contributed by atoms with Gasteiger partial charge in [-0.05, 0) is 52.0 Å². The average Bonchev–Trinajstić information content (AvgIpc) is 2.85. The van der Waals surface area contributed by atoms with E-state index in [-0.39, 0.29) is 13.1 Å². The second kappa shape index (κ2) is 12.2. The number of nitrogens with one attached hydrogen (secondary N) is 2. The van der Waals surface area contributed by atoms with Gasteiger partial charge in [0.2, 0.25) is 0 Å². The predicted octanol–water partition coefficient (Wildman–Crippen LogP) is 4.34. The van der Waals surface area contributed by atoms with E-state index in [1.807, 2.05) is 0 Å². The molecule has 10 nitrogen and oxygen atoms in total. The first-order valence-corrected chi connectivity index (χ1v) is 11.3. The Balaban J connectivity index is 1.87. The molecule has 0 aliphatic carbocycles. The molecule has 2 rings (SSSR count). The Labute approximate surface area is 212 Å². The third-order valence-corrected chi connectivity index (χ3v) is 5.45. The number of alkyl carbamates (subject to hydrolysis) is 2. The number of methoxy groups -OCH3 is 4. The second-order valence-corrected chi connectivity index (χ2v) is 8.86. The van der Waals surface area contributed by atoms with Crippen molar-refractivity contribution in [3.05, 3.63) is 47.5 Å². The fourth-order valence-electron chi connectivity index (χ4n) is 3.29. The SMILES string of the molecule is COc1cc(OC)cc(C(C)(C)OC(=O)NCCNC(=O)OC(C)(C)c2cc(OC)cc(OC)c2)c1. The summed E-state index contributed by atoms with van der Waals surface area (Å²) in [7, 11) is 6.19. The van der Waals surface area contributed by atoms with E-state index in [1.165, 1.54) is 0 Å². The van der Waals surface area contributed by atoms with Gasteiger partial charge in [0.05, 0.1) is 28.4 Å². The molecule has 36 heavy (non-hydrogen) atoms. The monoisotopic (exact) mass is 504 g/mol. The first-order valence-electron chi connectivity index (χ1n) is 11.3. The van der Waals surface area contributed by atoms with Crippen molar-refractivity contribution in [1.82, 2.24) is 10.6 Å². The highest BCUT2D eigenvalue weighted by molar-refractivity contribution is 5.69. The summed E-state index contributed by atoms with van der Waals surface area (Å²) in [5.74, 6) is 2.33. The molecular formula is C26H36N2O8. The number of hydrogen-bond acceptors (Lipinski definition) is 8. The lowest BCUT2D eigenvalue weighted by atomic mass is 9.97. The van der Waals surface area contributed by atoms with Crippen molar-refractivity contribution in [3.8, 4) is 23.0 Å². The van der Waals surface area contributed by atoms with Crippen LogP contribution in [0.5, 0.6) is 23.0 Å². The van der Waals surface area contributed by atoms with E-state index < -0.39 is 23.4 Å². The van der Waals surface area contributed by atoms with Gasteiger partial charge in [-0.1, -0.05) is 0 Å². The van der Waals surface area contributed by atoms with Crippen LogP contribution in [0.15, 0.2) is 36.4 Å².